The van der Waals surface area contributed by atoms with Crippen LogP contribution in [0.4, 0.5) is 0 Å². The second-order valence-corrected chi connectivity index (χ2v) is 1.77. The predicted octanol–water partition coefficient (Wildman–Crippen LogP) is -0.386. The topological polar surface area (TPSA) is 47.9 Å². The van der Waals surface area contributed by atoms with E-state index >= 15 is 0 Å². The molecule has 0 aromatic heterocycles. The molecular weight excluding hydrogens is 136 g/mol. The fourth-order valence-electron chi connectivity index (χ4n) is 0.458. The van der Waals surface area contributed by atoms with Gasteiger partial charge in [0.25, 0.3) is 0 Å². The summed E-state index contributed by atoms with van der Waals surface area (Å²) in [6, 6.07) is 0. The minimum atomic E-state index is -0.833. The van der Waals surface area contributed by atoms with Crippen LogP contribution in [0, 0.1) is 0 Å². The number of aliphatic hydroxyl groups is 1. The summed E-state index contributed by atoms with van der Waals surface area (Å²) >= 11 is 0. The Morgan fingerprint density at radius 1 is 1.20 bits per heavy atom. The van der Waals surface area contributed by atoms with E-state index in [1.807, 2.05) is 0 Å². The number of rotatable bonds is 6. The van der Waals surface area contributed by atoms with Crippen LogP contribution in [-0.2, 0) is 14.2 Å². The summed E-state index contributed by atoms with van der Waals surface area (Å²) < 4.78 is 14.1. The lowest BCUT2D eigenvalue weighted by molar-refractivity contribution is -0.138. The average molecular weight is 150 g/mol. The number of aliphatic hydroxyl groups excluding tert-OH is 1. The number of methoxy groups -OCH3 is 2. The molecule has 1 atom stereocenters. The van der Waals surface area contributed by atoms with Gasteiger partial charge in [-0.05, 0) is 0 Å². The van der Waals surface area contributed by atoms with E-state index in [-0.39, 0.29) is 6.61 Å². The number of hydrogen-bond acceptors (Lipinski definition) is 4. The Bertz CT molecular complexity index is 66.8. The average Bonchev–Trinajstić information content (AvgIpc) is 1.89. The van der Waals surface area contributed by atoms with E-state index in [0.29, 0.717) is 13.2 Å². The van der Waals surface area contributed by atoms with Gasteiger partial charge in [-0.2, -0.15) is 0 Å². The van der Waals surface area contributed by atoms with Crippen molar-refractivity contribution in [3.05, 3.63) is 0 Å². The molecule has 0 amide bonds. The Balaban J connectivity index is 2.97. The van der Waals surface area contributed by atoms with Crippen molar-refractivity contribution < 1.29 is 19.3 Å². The lowest BCUT2D eigenvalue weighted by Crippen LogP contribution is -2.20. The first-order chi connectivity index (χ1) is 4.81. The Labute approximate surface area is 60.7 Å². The van der Waals surface area contributed by atoms with Gasteiger partial charge < -0.3 is 19.3 Å². The summed E-state index contributed by atoms with van der Waals surface area (Å²) in [6.45, 7) is 1.07. The zero-order chi connectivity index (χ0) is 7.82. The second-order valence-electron chi connectivity index (χ2n) is 1.77. The van der Waals surface area contributed by atoms with Gasteiger partial charge in [0, 0.05) is 14.2 Å². The Kier molecular flexibility index (Phi) is 6.84. The van der Waals surface area contributed by atoms with Gasteiger partial charge in [0.15, 0.2) is 6.29 Å². The molecule has 0 fully saturated rings. The molecule has 0 aliphatic rings. The van der Waals surface area contributed by atoms with E-state index in [1.54, 1.807) is 7.11 Å². The molecule has 1 unspecified atom stereocenters. The van der Waals surface area contributed by atoms with Crippen LogP contribution in [0.1, 0.15) is 0 Å². The Morgan fingerprint density at radius 3 is 2.40 bits per heavy atom. The lowest BCUT2D eigenvalue weighted by Gasteiger charge is -2.09. The van der Waals surface area contributed by atoms with Gasteiger partial charge in [0.05, 0.1) is 19.8 Å². The molecule has 0 radical (unpaired) electrons. The maximum absolute atomic E-state index is 8.87. The first-order valence-electron chi connectivity index (χ1n) is 3.08. The molecular formula is C6H14O4. The van der Waals surface area contributed by atoms with Gasteiger partial charge in [0.2, 0.25) is 0 Å². The molecule has 0 saturated heterocycles. The molecule has 0 aromatic rings. The highest BCUT2D eigenvalue weighted by Crippen LogP contribution is 1.86. The van der Waals surface area contributed by atoms with Gasteiger partial charge >= 0.3 is 0 Å². The summed E-state index contributed by atoms with van der Waals surface area (Å²) in [4.78, 5) is 0. The molecule has 4 nitrogen and oxygen atoms in total. The van der Waals surface area contributed by atoms with Crippen LogP contribution in [0.15, 0.2) is 0 Å². The van der Waals surface area contributed by atoms with Crippen LogP contribution in [0.3, 0.4) is 0 Å². The third-order valence-corrected chi connectivity index (χ3v) is 0.907. The van der Waals surface area contributed by atoms with E-state index in [2.05, 4.69) is 4.74 Å². The predicted molar refractivity (Wildman–Crippen MR) is 35.7 cm³/mol. The molecule has 62 valence electrons. The SMILES string of the molecule is COCCOC(O)COC. The van der Waals surface area contributed by atoms with Crippen LogP contribution >= 0.6 is 0 Å². The molecule has 0 aliphatic carbocycles. The Morgan fingerprint density at radius 2 is 1.90 bits per heavy atom. The van der Waals surface area contributed by atoms with E-state index < -0.39 is 6.29 Å². The fraction of sp³-hybridized carbons (Fsp3) is 1.00. The van der Waals surface area contributed by atoms with Gasteiger partial charge in [0.1, 0.15) is 0 Å². The van der Waals surface area contributed by atoms with E-state index in [1.165, 1.54) is 7.11 Å². The second kappa shape index (κ2) is 6.95. The van der Waals surface area contributed by atoms with E-state index in [0.717, 1.165) is 0 Å². The molecule has 10 heavy (non-hydrogen) atoms. The van der Waals surface area contributed by atoms with Gasteiger partial charge in [-0.15, -0.1) is 0 Å². The summed E-state index contributed by atoms with van der Waals surface area (Å²) in [5.74, 6) is 0. The van der Waals surface area contributed by atoms with Crippen LogP contribution in [0.5, 0.6) is 0 Å². The first-order valence-corrected chi connectivity index (χ1v) is 3.08. The third-order valence-electron chi connectivity index (χ3n) is 0.907. The van der Waals surface area contributed by atoms with Crippen molar-refractivity contribution in [2.75, 3.05) is 34.0 Å². The number of ether oxygens (including phenoxy) is 3. The summed E-state index contributed by atoms with van der Waals surface area (Å²) in [7, 11) is 3.08. The zero-order valence-electron chi connectivity index (χ0n) is 6.37. The molecule has 0 bridgehead atoms. The number of hydrogen-bond donors (Lipinski definition) is 1. The lowest BCUT2D eigenvalue weighted by atomic mass is 10.6. The first kappa shape index (κ1) is 9.84. The van der Waals surface area contributed by atoms with E-state index in [9.17, 15) is 0 Å². The Hall–Kier alpha value is -0.160. The zero-order valence-corrected chi connectivity index (χ0v) is 6.37. The molecule has 0 aromatic carbocycles. The standard InChI is InChI=1S/C6H14O4/c1-8-3-4-10-6(7)5-9-2/h6-7H,3-5H2,1-2H3. The summed E-state index contributed by atoms with van der Waals surface area (Å²) in [5, 5.41) is 8.87. The molecule has 1 N–H and O–H groups in total. The quantitative estimate of drug-likeness (QED) is 0.414. The summed E-state index contributed by atoms with van der Waals surface area (Å²) in [6.07, 6.45) is -0.833. The van der Waals surface area contributed by atoms with Crippen molar-refractivity contribution in [3.63, 3.8) is 0 Å². The third kappa shape index (κ3) is 5.97. The van der Waals surface area contributed by atoms with Crippen molar-refractivity contribution in [1.29, 1.82) is 0 Å². The molecule has 0 heterocycles. The largest absolute Gasteiger partial charge is 0.382 e. The minimum Gasteiger partial charge on any atom is -0.382 e. The van der Waals surface area contributed by atoms with Crippen LogP contribution in [-0.4, -0.2) is 45.4 Å². The molecule has 0 aliphatic heterocycles. The fourth-order valence-corrected chi connectivity index (χ4v) is 0.458. The van der Waals surface area contributed by atoms with Crippen molar-refractivity contribution in [1.82, 2.24) is 0 Å². The smallest absolute Gasteiger partial charge is 0.178 e. The van der Waals surface area contributed by atoms with Crippen LogP contribution in [0.2, 0.25) is 0 Å². The highest BCUT2D eigenvalue weighted by molar-refractivity contribution is 4.35. The highest BCUT2D eigenvalue weighted by Gasteiger charge is 2.00. The maximum atomic E-state index is 8.87. The van der Waals surface area contributed by atoms with E-state index in [4.69, 9.17) is 14.6 Å². The van der Waals surface area contributed by atoms with Crippen molar-refractivity contribution >= 4 is 0 Å². The molecule has 0 spiro atoms. The monoisotopic (exact) mass is 150 g/mol. The molecule has 4 heteroatoms. The van der Waals surface area contributed by atoms with Gasteiger partial charge in [-0.25, -0.2) is 0 Å². The van der Waals surface area contributed by atoms with Crippen LogP contribution in [0.25, 0.3) is 0 Å². The minimum absolute atomic E-state index is 0.198. The van der Waals surface area contributed by atoms with Crippen LogP contribution < -0.4 is 0 Å². The van der Waals surface area contributed by atoms with Gasteiger partial charge in [-0.1, -0.05) is 0 Å². The normalized spacial score (nSPS) is 13.5. The van der Waals surface area contributed by atoms with Crippen molar-refractivity contribution in [2.24, 2.45) is 0 Å². The highest BCUT2D eigenvalue weighted by atomic mass is 16.6. The van der Waals surface area contributed by atoms with Crippen molar-refractivity contribution in [2.45, 2.75) is 6.29 Å². The molecule has 0 saturated carbocycles. The van der Waals surface area contributed by atoms with Gasteiger partial charge in [-0.3, -0.25) is 0 Å². The maximum Gasteiger partial charge on any atom is 0.178 e. The molecule has 0 rings (SSSR count). The van der Waals surface area contributed by atoms with Crippen molar-refractivity contribution in [3.8, 4) is 0 Å². The summed E-state index contributed by atoms with van der Waals surface area (Å²) in [5.41, 5.74) is 0.